The van der Waals surface area contributed by atoms with Gasteiger partial charge in [0.25, 0.3) is 0 Å². The van der Waals surface area contributed by atoms with Gasteiger partial charge in [-0.05, 0) is 43.8 Å². The number of hydrogen-bond donors (Lipinski definition) is 1. The predicted octanol–water partition coefficient (Wildman–Crippen LogP) is 1.13. The van der Waals surface area contributed by atoms with Gasteiger partial charge in [-0.2, -0.15) is 5.10 Å². The molecule has 1 N–H and O–H groups in total. The van der Waals surface area contributed by atoms with Gasteiger partial charge in [0.05, 0.1) is 5.69 Å². The lowest BCUT2D eigenvalue weighted by atomic mass is 9.61. The van der Waals surface area contributed by atoms with Crippen molar-refractivity contribution < 1.29 is 0 Å². The zero-order valence-corrected chi connectivity index (χ0v) is 8.61. The summed E-state index contributed by atoms with van der Waals surface area (Å²) >= 11 is 0. The Morgan fingerprint density at radius 2 is 2.50 bits per heavy atom. The van der Waals surface area contributed by atoms with E-state index >= 15 is 0 Å². The maximum atomic E-state index is 4.51. The standard InChI is InChI=1S/C11H17N3/c1-14-5-3-11(13-14)9-6-8-2-4-12-7-10(8)9/h3,5,8-10,12H,2,4,6-7H2,1H3/t8-,9-,10-/m0/s1. The van der Waals surface area contributed by atoms with Crippen molar-refractivity contribution in [2.24, 2.45) is 18.9 Å². The van der Waals surface area contributed by atoms with Gasteiger partial charge in [-0.3, -0.25) is 4.68 Å². The van der Waals surface area contributed by atoms with Gasteiger partial charge < -0.3 is 5.32 Å². The molecule has 3 heteroatoms. The van der Waals surface area contributed by atoms with Gasteiger partial charge in [0, 0.05) is 19.2 Å². The minimum absolute atomic E-state index is 0.731. The molecule has 0 unspecified atom stereocenters. The first kappa shape index (κ1) is 8.48. The van der Waals surface area contributed by atoms with Crippen molar-refractivity contribution in [1.29, 1.82) is 0 Å². The second kappa shape index (κ2) is 3.09. The molecule has 0 amide bonds. The largest absolute Gasteiger partial charge is 0.316 e. The fourth-order valence-corrected chi connectivity index (χ4v) is 2.98. The smallest absolute Gasteiger partial charge is 0.0658 e. The van der Waals surface area contributed by atoms with Crippen molar-refractivity contribution in [2.75, 3.05) is 13.1 Å². The SMILES string of the molecule is Cn1ccc([C@H]2C[C@@H]3CCNC[C@@H]32)n1. The topological polar surface area (TPSA) is 29.9 Å². The molecule has 1 saturated heterocycles. The normalized spacial score (nSPS) is 36.2. The summed E-state index contributed by atoms with van der Waals surface area (Å²) < 4.78 is 1.92. The molecule has 0 aromatic carbocycles. The molecule has 1 aliphatic heterocycles. The molecule has 76 valence electrons. The maximum Gasteiger partial charge on any atom is 0.0658 e. The molecule has 1 aromatic rings. The van der Waals surface area contributed by atoms with Crippen LogP contribution < -0.4 is 5.32 Å². The van der Waals surface area contributed by atoms with Crippen molar-refractivity contribution in [3.05, 3.63) is 18.0 Å². The second-order valence-electron chi connectivity index (χ2n) is 4.67. The minimum atomic E-state index is 0.731. The monoisotopic (exact) mass is 191 g/mol. The van der Waals surface area contributed by atoms with Gasteiger partial charge in [-0.1, -0.05) is 0 Å². The molecule has 2 aliphatic rings. The quantitative estimate of drug-likeness (QED) is 0.721. The molecule has 1 saturated carbocycles. The number of aryl methyl sites for hydroxylation is 1. The van der Waals surface area contributed by atoms with E-state index < -0.39 is 0 Å². The molecule has 1 aromatic heterocycles. The van der Waals surface area contributed by atoms with E-state index in [0.29, 0.717) is 0 Å². The summed E-state index contributed by atoms with van der Waals surface area (Å²) in [7, 11) is 2.00. The average molecular weight is 191 g/mol. The van der Waals surface area contributed by atoms with Gasteiger partial charge in [0.2, 0.25) is 0 Å². The number of rotatable bonds is 1. The number of fused-ring (bicyclic) bond motifs is 1. The van der Waals surface area contributed by atoms with Crippen LogP contribution in [0.4, 0.5) is 0 Å². The number of nitrogens with zero attached hydrogens (tertiary/aromatic N) is 2. The zero-order chi connectivity index (χ0) is 9.54. The van der Waals surface area contributed by atoms with Crippen LogP contribution >= 0.6 is 0 Å². The van der Waals surface area contributed by atoms with Crippen molar-refractivity contribution in [3.63, 3.8) is 0 Å². The lowest BCUT2D eigenvalue weighted by Crippen LogP contribution is -2.47. The molecular weight excluding hydrogens is 174 g/mol. The van der Waals surface area contributed by atoms with Crippen LogP contribution in [0.1, 0.15) is 24.5 Å². The summed E-state index contributed by atoms with van der Waals surface area (Å²) in [6.07, 6.45) is 4.79. The van der Waals surface area contributed by atoms with E-state index in [1.54, 1.807) is 0 Å². The molecule has 1 aliphatic carbocycles. The van der Waals surface area contributed by atoms with Crippen LogP contribution in [0.15, 0.2) is 12.3 Å². The van der Waals surface area contributed by atoms with E-state index in [-0.39, 0.29) is 0 Å². The molecule has 14 heavy (non-hydrogen) atoms. The highest BCUT2D eigenvalue weighted by Crippen LogP contribution is 2.49. The summed E-state index contributed by atoms with van der Waals surface area (Å²) in [4.78, 5) is 0. The number of piperidine rings is 1. The van der Waals surface area contributed by atoms with Crippen LogP contribution in [0, 0.1) is 11.8 Å². The third kappa shape index (κ3) is 1.19. The molecule has 2 heterocycles. The summed E-state index contributed by atoms with van der Waals surface area (Å²) in [6.45, 7) is 2.42. The fourth-order valence-electron chi connectivity index (χ4n) is 2.98. The Morgan fingerprint density at radius 3 is 3.21 bits per heavy atom. The summed E-state index contributed by atoms with van der Waals surface area (Å²) in [5.74, 6) is 2.57. The minimum Gasteiger partial charge on any atom is -0.316 e. The molecular formula is C11H17N3. The van der Waals surface area contributed by atoms with E-state index in [0.717, 1.165) is 17.8 Å². The predicted molar refractivity (Wildman–Crippen MR) is 55.0 cm³/mol. The number of aromatic nitrogens is 2. The number of nitrogens with one attached hydrogen (secondary N) is 1. The van der Waals surface area contributed by atoms with Crippen LogP contribution in [0.3, 0.4) is 0 Å². The van der Waals surface area contributed by atoms with Crippen LogP contribution in [-0.4, -0.2) is 22.9 Å². The zero-order valence-electron chi connectivity index (χ0n) is 8.61. The third-order valence-corrected chi connectivity index (χ3v) is 3.87. The summed E-state index contributed by atoms with van der Waals surface area (Å²) in [6, 6.07) is 2.18. The highest BCUT2D eigenvalue weighted by molar-refractivity contribution is 5.15. The highest BCUT2D eigenvalue weighted by atomic mass is 15.2. The van der Waals surface area contributed by atoms with Crippen LogP contribution in [0.5, 0.6) is 0 Å². The molecule has 0 radical (unpaired) electrons. The van der Waals surface area contributed by atoms with Crippen molar-refractivity contribution in [1.82, 2.24) is 15.1 Å². The Labute approximate surface area is 84.5 Å². The lowest BCUT2D eigenvalue weighted by molar-refractivity contribution is 0.0906. The van der Waals surface area contributed by atoms with Gasteiger partial charge >= 0.3 is 0 Å². The Hall–Kier alpha value is -0.830. The van der Waals surface area contributed by atoms with E-state index in [4.69, 9.17) is 0 Å². The van der Waals surface area contributed by atoms with E-state index in [9.17, 15) is 0 Å². The first-order valence-corrected chi connectivity index (χ1v) is 5.55. The van der Waals surface area contributed by atoms with E-state index in [2.05, 4.69) is 22.7 Å². The first-order valence-electron chi connectivity index (χ1n) is 5.55. The Kier molecular flexibility index (Phi) is 1.87. The summed E-state index contributed by atoms with van der Waals surface area (Å²) in [5, 5.41) is 8.00. The lowest BCUT2D eigenvalue weighted by Gasteiger charge is -2.47. The van der Waals surface area contributed by atoms with Crippen LogP contribution in [-0.2, 0) is 7.05 Å². The molecule has 0 bridgehead atoms. The van der Waals surface area contributed by atoms with Crippen LogP contribution in [0.25, 0.3) is 0 Å². The molecule has 3 atom stereocenters. The molecule has 3 rings (SSSR count). The fraction of sp³-hybridized carbons (Fsp3) is 0.727. The van der Waals surface area contributed by atoms with Crippen LogP contribution in [0.2, 0.25) is 0 Å². The molecule has 0 spiro atoms. The Bertz CT molecular complexity index is 331. The first-order chi connectivity index (χ1) is 6.84. The van der Waals surface area contributed by atoms with E-state index in [1.807, 2.05) is 11.7 Å². The Balaban J connectivity index is 1.76. The number of hydrogen-bond acceptors (Lipinski definition) is 2. The highest BCUT2D eigenvalue weighted by Gasteiger charge is 2.43. The Morgan fingerprint density at radius 1 is 1.57 bits per heavy atom. The van der Waals surface area contributed by atoms with Crippen molar-refractivity contribution in [3.8, 4) is 0 Å². The van der Waals surface area contributed by atoms with Gasteiger partial charge in [0.15, 0.2) is 0 Å². The average Bonchev–Trinajstić information content (AvgIpc) is 2.54. The summed E-state index contributed by atoms with van der Waals surface area (Å²) in [5.41, 5.74) is 1.30. The van der Waals surface area contributed by atoms with Gasteiger partial charge in [-0.15, -0.1) is 0 Å². The van der Waals surface area contributed by atoms with Crippen molar-refractivity contribution in [2.45, 2.75) is 18.8 Å². The van der Waals surface area contributed by atoms with Gasteiger partial charge in [-0.25, -0.2) is 0 Å². The van der Waals surface area contributed by atoms with E-state index in [1.165, 1.54) is 31.6 Å². The second-order valence-corrected chi connectivity index (χ2v) is 4.67. The molecule has 3 nitrogen and oxygen atoms in total. The van der Waals surface area contributed by atoms with Gasteiger partial charge in [0.1, 0.15) is 0 Å². The van der Waals surface area contributed by atoms with Crippen molar-refractivity contribution >= 4 is 0 Å². The molecule has 2 fully saturated rings. The third-order valence-electron chi connectivity index (χ3n) is 3.87. The maximum absolute atomic E-state index is 4.51.